The fraction of sp³-hybridized carbons (Fsp3) is 0.278. The monoisotopic (exact) mass is 502 g/mol. The third-order valence-corrected chi connectivity index (χ3v) is 7.42. The Balaban J connectivity index is 1.81. The molecule has 0 amide bonds. The van der Waals surface area contributed by atoms with Crippen molar-refractivity contribution >= 4 is 22.5 Å². The second-order valence-electron chi connectivity index (χ2n) is 9.60. The first-order chi connectivity index (χ1) is 18.7. The van der Waals surface area contributed by atoms with Gasteiger partial charge in [-0.15, -0.1) is 0 Å². The molecule has 0 aliphatic heterocycles. The van der Waals surface area contributed by atoms with Crippen molar-refractivity contribution in [3.8, 4) is 0 Å². The van der Waals surface area contributed by atoms with Gasteiger partial charge in [0.05, 0.1) is 0 Å². The molecule has 0 saturated carbocycles. The van der Waals surface area contributed by atoms with Gasteiger partial charge in [-0.3, -0.25) is 0 Å². The summed E-state index contributed by atoms with van der Waals surface area (Å²) in [5.74, 6) is 0. The first kappa shape index (κ1) is 27.3. The summed E-state index contributed by atoms with van der Waals surface area (Å²) in [6, 6.07) is 28.9. The van der Waals surface area contributed by atoms with Crippen molar-refractivity contribution in [1.82, 2.24) is 0 Å². The summed E-state index contributed by atoms with van der Waals surface area (Å²) in [6.45, 7) is 12.9. The van der Waals surface area contributed by atoms with Gasteiger partial charge in [-0.25, -0.2) is 0 Å². The molecule has 0 bridgehead atoms. The molecule has 4 rings (SSSR count). The normalized spacial score (nSPS) is 13.2. The Morgan fingerprint density at radius 1 is 0.579 bits per heavy atom. The highest BCUT2D eigenvalue weighted by molar-refractivity contribution is 5.87. The van der Waals surface area contributed by atoms with Crippen molar-refractivity contribution in [2.45, 2.75) is 40.5 Å². The predicted molar refractivity (Wildman–Crippen MR) is 168 cm³/mol. The molecule has 0 N–H and O–H groups in total. The fourth-order valence-electron chi connectivity index (χ4n) is 5.20. The van der Waals surface area contributed by atoms with E-state index in [0.717, 1.165) is 39.0 Å². The Morgan fingerprint density at radius 2 is 1.05 bits per heavy atom. The van der Waals surface area contributed by atoms with E-state index in [2.05, 4.69) is 147 Å². The van der Waals surface area contributed by atoms with Crippen molar-refractivity contribution in [3.05, 3.63) is 132 Å². The van der Waals surface area contributed by atoms with Gasteiger partial charge in [0.1, 0.15) is 0 Å². The van der Waals surface area contributed by atoms with Crippen LogP contribution in [-0.4, -0.2) is 26.2 Å². The second-order valence-corrected chi connectivity index (χ2v) is 9.60. The fourth-order valence-corrected chi connectivity index (χ4v) is 5.20. The van der Waals surface area contributed by atoms with Gasteiger partial charge in [0.2, 0.25) is 0 Å². The van der Waals surface area contributed by atoms with Gasteiger partial charge in [0, 0.05) is 37.6 Å². The van der Waals surface area contributed by atoms with Crippen molar-refractivity contribution in [2.24, 2.45) is 0 Å². The third kappa shape index (κ3) is 6.55. The van der Waals surface area contributed by atoms with E-state index >= 15 is 0 Å². The van der Waals surface area contributed by atoms with E-state index in [4.69, 9.17) is 0 Å². The van der Waals surface area contributed by atoms with Crippen LogP contribution in [0.1, 0.15) is 57.2 Å². The van der Waals surface area contributed by atoms with Crippen LogP contribution in [0.3, 0.4) is 0 Å². The van der Waals surface area contributed by atoms with E-state index in [9.17, 15) is 0 Å². The molecule has 0 saturated heterocycles. The highest BCUT2D eigenvalue weighted by Crippen LogP contribution is 2.31. The lowest BCUT2D eigenvalue weighted by Gasteiger charge is -2.22. The van der Waals surface area contributed by atoms with Gasteiger partial charge in [0.25, 0.3) is 0 Å². The van der Waals surface area contributed by atoms with E-state index in [1.54, 1.807) is 0 Å². The zero-order valence-corrected chi connectivity index (χ0v) is 23.5. The van der Waals surface area contributed by atoms with Gasteiger partial charge >= 0.3 is 0 Å². The SMILES string of the molecule is CCN(CC)c1ccc(C(=C/C=C(\C2=CCCC=C2)c2ccccc2)c2ccc(N(CC)CC)cc2)cc1. The molecule has 0 fully saturated rings. The van der Waals surface area contributed by atoms with Crippen LogP contribution in [0, 0.1) is 0 Å². The molecule has 3 aromatic carbocycles. The quantitative estimate of drug-likeness (QED) is 0.241. The van der Waals surface area contributed by atoms with Crippen LogP contribution in [0.25, 0.3) is 11.1 Å². The molecule has 0 atom stereocenters. The molecule has 0 spiro atoms. The van der Waals surface area contributed by atoms with Crippen LogP contribution < -0.4 is 9.80 Å². The maximum absolute atomic E-state index is 2.39. The molecule has 0 aromatic heterocycles. The highest BCUT2D eigenvalue weighted by atomic mass is 15.1. The van der Waals surface area contributed by atoms with Crippen molar-refractivity contribution in [2.75, 3.05) is 36.0 Å². The zero-order valence-electron chi connectivity index (χ0n) is 23.5. The van der Waals surface area contributed by atoms with E-state index in [-0.39, 0.29) is 0 Å². The van der Waals surface area contributed by atoms with Crippen LogP contribution in [-0.2, 0) is 0 Å². The topological polar surface area (TPSA) is 6.48 Å². The van der Waals surface area contributed by atoms with Gasteiger partial charge in [-0.1, -0.05) is 85.0 Å². The average molecular weight is 503 g/mol. The van der Waals surface area contributed by atoms with Crippen molar-refractivity contribution in [1.29, 1.82) is 0 Å². The minimum absolute atomic E-state index is 1.01. The van der Waals surface area contributed by atoms with Gasteiger partial charge in [-0.2, -0.15) is 0 Å². The summed E-state index contributed by atoms with van der Waals surface area (Å²) in [6.07, 6.45) is 13.7. The van der Waals surface area contributed by atoms with E-state index in [0.29, 0.717) is 0 Å². The Hall–Kier alpha value is -3.78. The molecule has 38 heavy (non-hydrogen) atoms. The second kappa shape index (κ2) is 13.7. The van der Waals surface area contributed by atoms with Crippen LogP contribution in [0.15, 0.2) is 115 Å². The molecule has 2 heteroatoms. The molecule has 0 unspecified atom stereocenters. The van der Waals surface area contributed by atoms with Crippen molar-refractivity contribution < 1.29 is 0 Å². The summed E-state index contributed by atoms with van der Waals surface area (Å²) in [7, 11) is 0. The number of benzene rings is 3. The number of rotatable bonds is 11. The summed E-state index contributed by atoms with van der Waals surface area (Å²) in [4.78, 5) is 4.78. The lowest BCUT2D eigenvalue weighted by atomic mass is 9.91. The largest absolute Gasteiger partial charge is 0.372 e. The number of hydrogen-bond acceptors (Lipinski definition) is 2. The third-order valence-electron chi connectivity index (χ3n) is 7.42. The molecule has 3 aromatic rings. The van der Waals surface area contributed by atoms with Crippen LogP contribution >= 0.6 is 0 Å². The molecule has 2 nitrogen and oxygen atoms in total. The number of nitrogens with zero attached hydrogens (tertiary/aromatic N) is 2. The Labute approximate surface area is 230 Å². The van der Waals surface area contributed by atoms with Gasteiger partial charge in [-0.05, 0) is 98.2 Å². The zero-order chi connectivity index (χ0) is 26.7. The molecule has 0 heterocycles. The van der Waals surface area contributed by atoms with Crippen molar-refractivity contribution in [3.63, 3.8) is 0 Å². The molecular formula is C36H42N2. The van der Waals surface area contributed by atoms with Crippen LogP contribution in [0.5, 0.6) is 0 Å². The first-order valence-corrected chi connectivity index (χ1v) is 14.2. The Bertz CT molecular complexity index is 1210. The Kier molecular flexibility index (Phi) is 9.81. The summed E-state index contributed by atoms with van der Waals surface area (Å²) < 4.78 is 0. The van der Waals surface area contributed by atoms with Crippen LogP contribution in [0.4, 0.5) is 11.4 Å². The summed E-state index contributed by atoms with van der Waals surface area (Å²) >= 11 is 0. The summed E-state index contributed by atoms with van der Waals surface area (Å²) in [5.41, 5.74) is 10.0. The summed E-state index contributed by atoms with van der Waals surface area (Å²) in [5, 5.41) is 0. The maximum atomic E-state index is 2.39. The average Bonchev–Trinajstić information content (AvgIpc) is 2.99. The standard InChI is InChI=1S/C36H42N2/c1-5-37(6-2)33-23-19-31(20-24-33)36(32-21-25-34(26-22-32)38(7-3)8-4)28-27-35(29-15-11-9-12-16-29)30-17-13-10-14-18-30/h9,11-13,15-28H,5-8,10,14H2,1-4H3/b35-27-. The first-order valence-electron chi connectivity index (χ1n) is 14.2. The minimum Gasteiger partial charge on any atom is -0.372 e. The molecule has 1 aliphatic rings. The highest BCUT2D eigenvalue weighted by Gasteiger charge is 2.11. The molecular weight excluding hydrogens is 460 g/mol. The van der Waals surface area contributed by atoms with Gasteiger partial charge in [0.15, 0.2) is 0 Å². The molecule has 196 valence electrons. The number of allylic oxidation sites excluding steroid dienone is 7. The lowest BCUT2D eigenvalue weighted by Crippen LogP contribution is -2.21. The predicted octanol–water partition coefficient (Wildman–Crippen LogP) is 9.17. The van der Waals surface area contributed by atoms with Crippen LogP contribution in [0.2, 0.25) is 0 Å². The smallest absolute Gasteiger partial charge is 0.0366 e. The van der Waals surface area contributed by atoms with E-state index in [1.807, 2.05) is 0 Å². The Morgan fingerprint density at radius 3 is 1.50 bits per heavy atom. The number of anilines is 2. The molecule has 0 radical (unpaired) electrons. The lowest BCUT2D eigenvalue weighted by molar-refractivity contribution is 0.866. The number of hydrogen-bond donors (Lipinski definition) is 0. The minimum atomic E-state index is 1.01. The van der Waals surface area contributed by atoms with E-state index < -0.39 is 0 Å². The maximum Gasteiger partial charge on any atom is 0.0366 e. The van der Waals surface area contributed by atoms with E-state index in [1.165, 1.54) is 44.8 Å². The van der Waals surface area contributed by atoms with Gasteiger partial charge < -0.3 is 9.80 Å². The molecule has 1 aliphatic carbocycles.